The molecule has 0 aliphatic carbocycles. The Bertz CT molecular complexity index is 38.7. The van der Waals surface area contributed by atoms with Crippen LogP contribution in [0.25, 0.3) is 0 Å². The summed E-state index contributed by atoms with van der Waals surface area (Å²) in [5.41, 5.74) is 0. The summed E-state index contributed by atoms with van der Waals surface area (Å²) in [6, 6.07) is 0. The van der Waals surface area contributed by atoms with Gasteiger partial charge in [-0.15, -0.1) is 0 Å². The molecule has 0 atom stereocenters. The van der Waals surface area contributed by atoms with E-state index in [1.54, 1.807) is 0 Å². The Balaban J connectivity index is 2.68. The van der Waals surface area contributed by atoms with Gasteiger partial charge in [-0.2, -0.15) is 0 Å². The van der Waals surface area contributed by atoms with Gasteiger partial charge in [-0.1, -0.05) is 6.92 Å². The van der Waals surface area contributed by atoms with E-state index in [0.29, 0.717) is 11.8 Å². The highest BCUT2D eigenvalue weighted by atomic mass is 16.9. The van der Waals surface area contributed by atoms with Crippen molar-refractivity contribution in [3.05, 3.63) is 5.21 Å². The molecule has 0 rings (SSSR count). The maximum atomic E-state index is 9.90. The predicted molar refractivity (Wildman–Crippen MR) is 27.4 cm³/mol. The molecule has 0 amide bonds. The van der Waals surface area contributed by atoms with E-state index in [0.717, 1.165) is 6.42 Å². The molecule has 0 spiro atoms. The minimum Gasteiger partial charge on any atom is -0.762 e. The lowest BCUT2D eigenvalue weighted by Crippen LogP contribution is -2.10. The van der Waals surface area contributed by atoms with Crippen molar-refractivity contribution in [1.29, 1.82) is 0 Å². The van der Waals surface area contributed by atoms with E-state index in [4.69, 9.17) is 0 Å². The number of hydrogen-bond acceptors (Lipinski definition) is 3. The maximum absolute atomic E-state index is 9.90. The van der Waals surface area contributed by atoms with E-state index in [9.17, 15) is 5.21 Å². The molecule has 0 heterocycles. The maximum Gasteiger partial charge on any atom is 0.0670 e. The zero-order chi connectivity index (χ0) is 5.70. The van der Waals surface area contributed by atoms with Crippen LogP contribution in [0.4, 0.5) is 0 Å². The molecule has 3 heteroatoms. The van der Waals surface area contributed by atoms with Gasteiger partial charge in [-0.05, 0) is 13.5 Å². The van der Waals surface area contributed by atoms with E-state index in [2.05, 4.69) is 4.84 Å². The molecule has 44 valence electrons. The highest BCUT2D eigenvalue weighted by Crippen LogP contribution is 1.81. The molecule has 0 aliphatic rings. The van der Waals surface area contributed by atoms with Gasteiger partial charge in [0.1, 0.15) is 0 Å². The molecule has 0 unspecified atom stereocenters. The van der Waals surface area contributed by atoms with Crippen molar-refractivity contribution in [2.75, 3.05) is 13.7 Å². The number of rotatable bonds is 3. The normalized spacial score (nSPS) is 10.3. The van der Waals surface area contributed by atoms with Crippen LogP contribution in [-0.4, -0.2) is 18.9 Å². The molecule has 0 bridgehead atoms. The Kier molecular flexibility index (Phi) is 3.98. The van der Waals surface area contributed by atoms with Crippen LogP contribution >= 0.6 is 0 Å². The molecule has 0 fully saturated rings. The van der Waals surface area contributed by atoms with Gasteiger partial charge in [0.05, 0.1) is 6.61 Å². The van der Waals surface area contributed by atoms with Crippen molar-refractivity contribution in [3.63, 3.8) is 0 Å². The average molecular weight is 104 g/mol. The monoisotopic (exact) mass is 104 g/mol. The van der Waals surface area contributed by atoms with E-state index >= 15 is 0 Å². The highest BCUT2D eigenvalue weighted by Gasteiger charge is 1.76. The smallest absolute Gasteiger partial charge is 0.0670 e. The first-order valence-electron chi connectivity index (χ1n) is 2.31. The number of hydrogen-bond donors (Lipinski definition) is 0. The summed E-state index contributed by atoms with van der Waals surface area (Å²) in [7, 11) is 1.33. The third-order valence-electron chi connectivity index (χ3n) is 0.477. The van der Waals surface area contributed by atoms with Gasteiger partial charge in [-0.25, -0.2) is 0 Å². The van der Waals surface area contributed by atoms with Gasteiger partial charge >= 0.3 is 0 Å². The SMILES string of the molecule is CCCON(C)[O-]. The molecule has 0 saturated carbocycles. The summed E-state index contributed by atoms with van der Waals surface area (Å²) in [6.07, 6.45) is 0.882. The number of nitrogens with zero attached hydrogens (tertiary/aromatic N) is 1. The fraction of sp³-hybridized carbons (Fsp3) is 1.00. The van der Waals surface area contributed by atoms with Crippen molar-refractivity contribution in [2.24, 2.45) is 0 Å². The molecule has 0 aliphatic heterocycles. The molecule has 0 N–H and O–H groups in total. The molecule has 0 aromatic rings. The summed E-state index contributed by atoms with van der Waals surface area (Å²) in [5, 5.41) is 10.4. The van der Waals surface area contributed by atoms with Crippen molar-refractivity contribution in [2.45, 2.75) is 13.3 Å². The third-order valence-corrected chi connectivity index (χ3v) is 0.477. The van der Waals surface area contributed by atoms with Crippen LogP contribution in [0, 0.1) is 5.21 Å². The summed E-state index contributed by atoms with van der Waals surface area (Å²) < 4.78 is 0. The molecule has 0 aromatic carbocycles. The molecule has 0 saturated heterocycles. The van der Waals surface area contributed by atoms with Crippen LogP contribution in [0.15, 0.2) is 0 Å². The first kappa shape index (κ1) is 6.88. The summed E-state index contributed by atoms with van der Waals surface area (Å²) in [5.74, 6) is 0. The molecule has 0 radical (unpaired) electrons. The molecular formula is C4H10NO2-. The Labute approximate surface area is 43.4 Å². The van der Waals surface area contributed by atoms with Crippen molar-refractivity contribution < 1.29 is 4.84 Å². The third kappa shape index (κ3) is 5.88. The van der Waals surface area contributed by atoms with Gasteiger partial charge < -0.3 is 10.0 Å². The van der Waals surface area contributed by atoms with Gasteiger partial charge in [0.25, 0.3) is 0 Å². The summed E-state index contributed by atoms with van der Waals surface area (Å²) >= 11 is 0. The van der Waals surface area contributed by atoms with Crippen molar-refractivity contribution >= 4 is 0 Å². The summed E-state index contributed by atoms with van der Waals surface area (Å²) in [4.78, 5) is 4.47. The fourth-order valence-corrected chi connectivity index (χ4v) is 0.220. The van der Waals surface area contributed by atoms with Gasteiger partial charge in [0.2, 0.25) is 0 Å². The second-order valence-electron chi connectivity index (χ2n) is 1.27. The highest BCUT2D eigenvalue weighted by molar-refractivity contribution is 4.26. The minimum atomic E-state index is 0.462. The lowest BCUT2D eigenvalue weighted by atomic mass is 10.5. The van der Waals surface area contributed by atoms with E-state index in [1.807, 2.05) is 6.92 Å². The van der Waals surface area contributed by atoms with Crippen molar-refractivity contribution in [3.8, 4) is 0 Å². The van der Waals surface area contributed by atoms with E-state index < -0.39 is 0 Å². The molecule has 7 heavy (non-hydrogen) atoms. The van der Waals surface area contributed by atoms with Crippen molar-refractivity contribution in [1.82, 2.24) is 5.23 Å². The first-order chi connectivity index (χ1) is 3.27. The second-order valence-corrected chi connectivity index (χ2v) is 1.27. The average Bonchev–Trinajstić information content (AvgIpc) is 1.61. The van der Waals surface area contributed by atoms with Crippen LogP contribution in [0.2, 0.25) is 0 Å². The summed E-state index contributed by atoms with van der Waals surface area (Å²) in [6.45, 7) is 2.46. The fourth-order valence-electron chi connectivity index (χ4n) is 0.220. The Morgan fingerprint density at radius 2 is 2.29 bits per heavy atom. The van der Waals surface area contributed by atoms with Crippen LogP contribution in [0.5, 0.6) is 0 Å². The zero-order valence-corrected chi connectivity index (χ0v) is 4.68. The topological polar surface area (TPSA) is 35.5 Å². The van der Waals surface area contributed by atoms with Gasteiger partial charge in [0, 0.05) is 0 Å². The van der Waals surface area contributed by atoms with Crippen LogP contribution in [0.1, 0.15) is 13.3 Å². The Hall–Kier alpha value is -0.120. The lowest BCUT2D eigenvalue weighted by Gasteiger charge is -2.19. The van der Waals surface area contributed by atoms with E-state index in [1.165, 1.54) is 7.05 Å². The second kappa shape index (κ2) is 4.05. The van der Waals surface area contributed by atoms with E-state index in [-0.39, 0.29) is 0 Å². The van der Waals surface area contributed by atoms with Crippen LogP contribution < -0.4 is 0 Å². The predicted octanol–water partition coefficient (Wildman–Crippen LogP) is 0.758. The number of hydroxylamine groups is 2. The van der Waals surface area contributed by atoms with Gasteiger partial charge in [0.15, 0.2) is 0 Å². The largest absolute Gasteiger partial charge is 0.762 e. The quantitative estimate of drug-likeness (QED) is 0.496. The standard InChI is InChI=1S/C4H10NO2/c1-3-4-7-5(2)6/h3-4H2,1-2H3/q-1. The van der Waals surface area contributed by atoms with Gasteiger partial charge in [-0.3, -0.25) is 5.23 Å². The van der Waals surface area contributed by atoms with Crippen LogP contribution in [0.3, 0.4) is 0 Å². The van der Waals surface area contributed by atoms with Crippen LogP contribution in [-0.2, 0) is 4.84 Å². The molecule has 0 aromatic heterocycles. The Morgan fingerprint density at radius 1 is 1.71 bits per heavy atom. The zero-order valence-electron chi connectivity index (χ0n) is 4.68. The minimum absolute atomic E-state index is 0.462. The first-order valence-corrected chi connectivity index (χ1v) is 2.31. The molecular weight excluding hydrogens is 94.0 g/mol. The molecule has 3 nitrogen and oxygen atoms in total. The Morgan fingerprint density at radius 3 is 2.43 bits per heavy atom. The lowest BCUT2D eigenvalue weighted by molar-refractivity contribution is -0.0994.